The lowest BCUT2D eigenvalue weighted by atomic mass is 10.0. The normalized spacial score (nSPS) is 13.3. The molecule has 1 heterocycles. The van der Waals surface area contributed by atoms with Gasteiger partial charge in [-0.05, 0) is 44.6 Å². The molecule has 0 saturated carbocycles. The van der Waals surface area contributed by atoms with E-state index in [-0.39, 0.29) is 0 Å². The Balaban J connectivity index is 2.32. The predicted octanol–water partition coefficient (Wildman–Crippen LogP) is 1.80. The molecule has 1 atom stereocenters. The van der Waals surface area contributed by atoms with Gasteiger partial charge >= 0.3 is 0 Å². The Morgan fingerprint density at radius 2 is 2.12 bits per heavy atom. The van der Waals surface area contributed by atoms with Crippen molar-refractivity contribution >= 4 is 0 Å². The zero-order valence-electron chi connectivity index (χ0n) is 11.5. The van der Waals surface area contributed by atoms with Crippen LogP contribution in [0.5, 0.6) is 0 Å². The van der Waals surface area contributed by atoms with Gasteiger partial charge < -0.3 is 10.2 Å². The molecule has 0 amide bonds. The van der Waals surface area contributed by atoms with Crippen LogP contribution >= 0.6 is 0 Å². The van der Waals surface area contributed by atoms with Crippen LogP contribution in [0.25, 0.3) is 0 Å². The molecule has 1 rings (SSSR count). The molecule has 0 spiro atoms. The second-order valence-corrected chi connectivity index (χ2v) is 5.18. The summed E-state index contributed by atoms with van der Waals surface area (Å²) in [6.07, 6.45) is 4.81. The van der Waals surface area contributed by atoms with Gasteiger partial charge in [0.15, 0.2) is 0 Å². The molecule has 0 aromatic carbocycles. The van der Waals surface area contributed by atoms with Gasteiger partial charge in [0.2, 0.25) is 0 Å². The van der Waals surface area contributed by atoms with Gasteiger partial charge in [-0.25, -0.2) is 0 Å². The van der Waals surface area contributed by atoms with E-state index in [1.165, 1.54) is 5.56 Å². The first-order valence-corrected chi connectivity index (χ1v) is 6.36. The van der Waals surface area contributed by atoms with Gasteiger partial charge in [0, 0.05) is 25.0 Å². The Labute approximate surface area is 105 Å². The van der Waals surface area contributed by atoms with Crippen LogP contribution in [-0.2, 0) is 6.42 Å². The number of aromatic nitrogens is 1. The van der Waals surface area contributed by atoms with Gasteiger partial charge in [0.1, 0.15) is 0 Å². The van der Waals surface area contributed by atoms with Crippen LogP contribution in [0.1, 0.15) is 19.4 Å². The lowest BCUT2D eigenvalue weighted by molar-refractivity contribution is 0.290. The van der Waals surface area contributed by atoms with Crippen LogP contribution in [0, 0.1) is 5.92 Å². The predicted molar refractivity (Wildman–Crippen MR) is 73.1 cm³/mol. The van der Waals surface area contributed by atoms with E-state index in [4.69, 9.17) is 0 Å². The second kappa shape index (κ2) is 7.41. The third-order valence-electron chi connectivity index (χ3n) is 2.91. The number of pyridine rings is 1. The molecule has 0 aliphatic heterocycles. The molecule has 0 aliphatic rings. The highest BCUT2D eigenvalue weighted by Gasteiger charge is 2.12. The Kier molecular flexibility index (Phi) is 6.16. The van der Waals surface area contributed by atoms with E-state index < -0.39 is 0 Å². The molecule has 1 N–H and O–H groups in total. The summed E-state index contributed by atoms with van der Waals surface area (Å²) in [7, 11) is 4.25. The molecule has 1 unspecified atom stereocenters. The highest BCUT2D eigenvalue weighted by Crippen LogP contribution is 2.03. The second-order valence-electron chi connectivity index (χ2n) is 5.18. The minimum absolute atomic E-state index is 0.557. The fourth-order valence-electron chi connectivity index (χ4n) is 1.85. The van der Waals surface area contributed by atoms with Crippen molar-refractivity contribution in [1.82, 2.24) is 15.2 Å². The molecule has 1 aromatic rings. The summed E-state index contributed by atoms with van der Waals surface area (Å²) in [4.78, 5) is 6.37. The zero-order valence-corrected chi connectivity index (χ0v) is 11.5. The monoisotopic (exact) mass is 235 g/mol. The number of likely N-dealkylation sites (N-methyl/N-ethyl adjacent to an activating group) is 1. The van der Waals surface area contributed by atoms with E-state index in [2.05, 4.69) is 49.2 Å². The molecule has 0 bridgehead atoms. The molecule has 3 heteroatoms. The van der Waals surface area contributed by atoms with Crippen LogP contribution in [-0.4, -0.2) is 43.1 Å². The van der Waals surface area contributed by atoms with E-state index in [0.717, 1.165) is 19.5 Å². The smallest absolute Gasteiger partial charge is 0.0300 e. The fraction of sp³-hybridized carbons (Fsp3) is 0.643. The Bertz CT molecular complexity index is 296. The van der Waals surface area contributed by atoms with Crippen molar-refractivity contribution in [2.45, 2.75) is 26.3 Å². The molecule has 0 aliphatic carbocycles. The van der Waals surface area contributed by atoms with E-state index in [0.29, 0.717) is 12.0 Å². The maximum atomic E-state index is 4.13. The van der Waals surface area contributed by atoms with Gasteiger partial charge in [-0.3, -0.25) is 4.98 Å². The van der Waals surface area contributed by atoms with Crippen molar-refractivity contribution in [3.63, 3.8) is 0 Å². The molecule has 0 radical (unpaired) electrons. The quantitative estimate of drug-likeness (QED) is 0.781. The number of nitrogens with one attached hydrogen (secondary N) is 1. The fourth-order valence-corrected chi connectivity index (χ4v) is 1.85. The first-order valence-electron chi connectivity index (χ1n) is 6.36. The number of nitrogens with zero attached hydrogens (tertiary/aromatic N) is 2. The zero-order chi connectivity index (χ0) is 12.7. The van der Waals surface area contributed by atoms with E-state index >= 15 is 0 Å². The van der Waals surface area contributed by atoms with Crippen molar-refractivity contribution in [3.8, 4) is 0 Å². The summed E-state index contributed by atoms with van der Waals surface area (Å²) in [5, 5.41) is 3.63. The SMILES string of the molecule is CC(C)C(CN(C)C)NCCc1cccnc1. The van der Waals surface area contributed by atoms with Gasteiger partial charge in [-0.1, -0.05) is 19.9 Å². The van der Waals surface area contributed by atoms with Crippen LogP contribution in [0.3, 0.4) is 0 Å². The van der Waals surface area contributed by atoms with Crippen LogP contribution in [0.2, 0.25) is 0 Å². The molecule has 1 aromatic heterocycles. The van der Waals surface area contributed by atoms with Gasteiger partial charge in [-0.15, -0.1) is 0 Å². The lowest BCUT2D eigenvalue weighted by Crippen LogP contribution is -2.42. The van der Waals surface area contributed by atoms with Crippen LogP contribution in [0.15, 0.2) is 24.5 Å². The minimum atomic E-state index is 0.557. The van der Waals surface area contributed by atoms with Crippen molar-refractivity contribution < 1.29 is 0 Å². The summed E-state index contributed by atoms with van der Waals surface area (Å²) in [5.41, 5.74) is 1.30. The maximum absolute atomic E-state index is 4.13. The first-order chi connectivity index (χ1) is 8.09. The van der Waals surface area contributed by atoms with Crippen LogP contribution in [0.4, 0.5) is 0 Å². The van der Waals surface area contributed by atoms with Gasteiger partial charge in [0.05, 0.1) is 0 Å². The molecule has 96 valence electrons. The summed E-state index contributed by atoms with van der Waals surface area (Å²) in [6.45, 7) is 6.64. The minimum Gasteiger partial charge on any atom is -0.312 e. The molecular formula is C14H25N3. The summed E-state index contributed by atoms with van der Waals surface area (Å²) in [5.74, 6) is 0.659. The van der Waals surface area contributed by atoms with Crippen molar-refractivity contribution in [3.05, 3.63) is 30.1 Å². The lowest BCUT2D eigenvalue weighted by Gasteiger charge is -2.25. The highest BCUT2D eigenvalue weighted by molar-refractivity contribution is 5.08. The third kappa shape index (κ3) is 5.80. The Morgan fingerprint density at radius 3 is 2.65 bits per heavy atom. The molecule has 0 fully saturated rings. The van der Waals surface area contributed by atoms with Crippen LogP contribution < -0.4 is 5.32 Å². The largest absolute Gasteiger partial charge is 0.312 e. The topological polar surface area (TPSA) is 28.2 Å². The highest BCUT2D eigenvalue weighted by atomic mass is 15.1. The number of hydrogen-bond acceptors (Lipinski definition) is 3. The third-order valence-corrected chi connectivity index (χ3v) is 2.91. The number of rotatable bonds is 7. The molecule has 17 heavy (non-hydrogen) atoms. The molecule has 3 nitrogen and oxygen atoms in total. The maximum Gasteiger partial charge on any atom is 0.0300 e. The molecular weight excluding hydrogens is 210 g/mol. The van der Waals surface area contributed by atoms with Crippen molar-refractivity contribution in [1.29, 1.82) is 0 Å². The van der Waals surface area contributed by atoms with Crippen molar-refractivity contribution in [2.24, 2.45) is 5.92 Å². The Hall–Kier alpha value is -0.930. The van der Waals surface area contributed by atoms with Gasteiger partial charge in [0.25, 0.3) is 0 Å². The van der Waals surface area contributed by atoms with E-state index in [1.807, 2.05) is 18.5 Å². The standard InChI is InChI=1S/C14H25N3/c1-12(2)14(11-17(3)4)16-9-7-13-6-5-8-15-10-13/h5-6,8,10,12,14,16H,7,9,11H2,1-4H3. The summed E-state index contributed by atoms with van der Waals surface area (Å²) < 4.78 is 0. The van der Waals surface area contributed by atoms with Crippen molar-refractivity contribution in [2.75, 3.05) is 27.2 Å². The van der Waals surface area contributed by atoms with E-state index in [1.54, 1.807) is 0 Å². The molecule has 0 saturated heterocycles. The Morgan fingerprint density at radius 1 is 1.35 bits per heavy atom. The van der Waals surface area contributed by atoms with Gasteiger partial charge in [-0.2, -0.15) is 0 Å². The average molecular weight is 235 g/mol. The van der Waals surface area contributed by atoms with E-state index in [9.17, 15) is 0 Å². The number of hydrogen-bond donors (Lipinski definition) is 1. The summed E-state index contributed by atoms with van der Waals surface area (Å²) in [6, 6.07) is 4.68. The summed E-state index contributed by atoms with van der Waals surface area (Å²) >= 11 is 0. The first kappa shape index (κ1) is 14.1. The average Bonchev–Trinajstić information content (AvgIpc) is 2.28.